The van der Waals surface area contributed by atoms with Crippen molar-refractivity contribution in [2.45, 2.75) is 31.6 Å². The van der Waals surface area contributed by atoms with Crippen LogP contribution in [0.3, 0.4) is 0 Å². The fourth-order valence-electron chi connectivity index (χ4n) is 3.38. The maximum absolute atomic E-state index is 13.4. The number of imidazole rings is 1. The summed E-state index contributed by atoms with van der Waals surface area (Å²) in [6.07, 6.45) is 3.37. The molecule has 4 heteroatoms. The van der Waals surface area contributed by atoms with Crippen molar-refractivity contribution in [1.29, 1.82) is 0 Å². The molecule has 1 aliphatic rings. The molecule has 0 aliphatic carbocycles. The molecule has 1 fully saturated rings. The summed E-state index contributed by atoms with van der Waals surface area (Å²) in [6.45, 7) is 4.22. The van der Waals surface area contributed by atoms with Gasteiger partial charge in [0.05, 0.1) is 11.0 Å². The number of hydrogen-bond acceptors (Lipinski definition) is 2. The normalized spacial score (nSPS) is 23.3. The first-order valence-electron chi connectivity index (χ1n) is 6.99. The van der Waals surface area contributed by atoms with E-state index in [4.69, 9.17) is 4.98 Å². The topological polar surface area (TPSA) is 29.9 Å². The Labute approximate surface area is 112 Å². The van der Waals surface area contributed by atoms with Gasteiger partial charge < -0.3 is 9.88 Å². The van der Waals surface area contributed by atoms with Gasteiger partial charge in [-0.05, 0) is 37.6 Å². The molecule has 0 saturated carbocycles. The number of benzene rings is 1. The molecule has 1 atom stereocenters. The minimum atomic E-state index is -0.198. The molecule has 0 radical (unpaired) electrons. The molecule has 3 rings (SSSR count). The SMILES string of the molecule is CCCC1(c2nc3ccc(F)cc3n2C)CCNC1. The Hall–Kier alpha value is -1.42. The summed E-state index contributed by atoms with van der Waals surface area (Å²) < 4.78 is 15.5. The molecule has 19 heavy (non-hydrogen) atoms. The Bertz CT molecular complexity index is 597. The van der Waals surface area contributed by atoms with E-state index in [9.17, 15) is 4.39 Å². The van der Waals surface area contributed by atoms with Crippen LogP contribution in [0, 0.1) is 5.82 Å². The van der Waals surface area contributed by atoms with Gasteiger partial charge in [-0.3, -0.25) is 0 Å². The van der Waals surface area contributed by atoms with E-state index in [0.717, 1.165) is 49.2 Å². The zero-order valence-corrected chi connectivity index (χ0v) is 11.5. The summed E-state index contributed by atoms with van der Waals surface area (Å²) in [4.78, 5) is 4.78. The number of aryl methyl sites for hydroxylation is 1. The maximum Gasteiger partial charge on any atom is 0.125 e. The number of rotatable bonds is 3. The van der Waals surface area contributed by atoms with Crippen LogP contribution < -0.4 is 5.32 Å². The van der Waals surface area contributed by atoms with Crippen LogP contribution in [0.15, 0.2) is 18.2 Å². The molecule has 1 saturated heterocycles. The van der Waals surface area contributed by atoms with Crippen LogP contribution in [0.25, 0.3) is 11.0 Å². The highest BCUT2D eigenvalue weighted by Crippen LogP contribution is 2.36. The highest BCUT2D eigenvalue weighted by molar-refractivity contribution is 5.76. The fourth-order valence-corrected chi connectivity index (χ4v) is 3.38. The lowest BCUT2D eigenvalue weighted by Crippen LogP contribution is -2.32. The minimum Gasteiger partial charge on any atom is -0.331 e. The molecular weight excluding hydrogens is 241 g/mol. The smallest absolute Gasteiger partial charge is 0.125 e. The Kier molecular flexibility index (Phi) is 3.05. The van der Waals surface area contributed by atoms with Crippen LogP contribution in [0.1, 0.15) is 32.0 Å². The Balaban J connectivity index is 2.16. The lowest BCUT2D eigenvalue weighted by molar-refractivity contribution is 0.393. The number of nitrogens with zero attached hydrogens (tertiary/aromatic N) is 2. The lowest BCUT2D eigenvalue weighted by Gasteiger charge is -2.27. The van der Waals surface area contributed by atoms with Gasteiger partial charge in [-0.15, -0.1) is 0 Å². The monoisotopic (exact) mass is 261 g/mol. The van der Waals surface area contributed by atoms with Gasteiger partial charge >= 0.3 is 0 Å². The van der Waals surface area contributed by atoms with Crippen molar-refractivity contribution < 1.29 is 4.39 Å². The Morgan fingerprint density at radius 1 is 1.47 bits per heavy atom. The minimum absolute atomic E-state index is 0.110. The molecule has 102 valence electrons. The first-order valence-corrected chi connectivity index (χ1v) is 6.99. The van der Waals surface area contributed by atoms with Crippen LogP contribution in [-0.2, 0) is 12.5 Å². The van der Waals surface area contributed by atoms with E-state index >= 15 is 0 Å². The molecule has 0 amide bonds. The van der Waals surface area contributed by atoms with E-state index in [1.165, 1.54) is 6.07 Å². The van der Waals surface area contributed by atoms with Crippen LogP contribution in [0.2, 0.25) is 0 Å². The summed E-state index contributed by atoms with van der Waals surface area (Å²) in [6, 6.07) is 4.84. The van der Waals surface area contributed by atoms with Crippen molar-refractivity contribution in [3.05, 3.63) is 29.8 Å². The van der Waals surface area contributed by atoms with Crippen LogP contribution in [0.4, 0.5) is 4.39 Å². The maximum atomic E-state index is 13.4. The van der Waals surface area contributed by atoms with E-state index in [2.05, 4.69) is 16.8 Å². The number of fused-ring (bicyclic) bond motifs is 1. The van der Waals surface area contributed by atoms with Gasteiger partial charge in [-0.2, -0.15) is 0 Å². The third-order valence-corrected chi connectivity index (χ3v) is 4.29. The fraction of sp³-hybridized carbons (Fsp3) is 0.533. The van der Waals surface area contributed by atoms with E-state index in [0.29, 0.717) is 0 Å². The van der Waals surface area contributed by atoms with Crippen molar-refractivity contribution in [2.75, 3.05) is 13.1 Å². The van der Waals surface area contributed by atoms with Crippen molar-refractivity contribution in [2.24, 2.45) is 7.05 Å². The standard InChI is InChI=1S/C15H20FN3/c1-3-6-15(7-8-17-10-15)14-18-12-5-4-11(16)9-13(12)19(14)2/h4-5,9,17H,3,6-8,10H2,1-2H3. The lowest BCUT2D eigenvalue weighted by atomic mass is 9.81. The highest BCUT2D eigenvalue weighted by Gasteiger charge is 2.38. The van der Waals surface area contributed by atoms with Crippen LogP contribution in [0.5, 0.6) is 0 Å². The summed E-state index contributed by atoms with van der Waals surface area (Å²) >= 11 is 0. The second-order valence-corrected chi connectivity index (χ2v) is 5.58. The zero-order valence-electron chi connectivity index (χ0n) is 11.5. The molecule has 0 bridgehead atoms. The van der Waals surface area contributed by atoms with Gasteiger partial charge in [-0.25, -0.2) is 9.37 Å². The zero-order chi connectivity index (χ0) is 13.5. The third kappa shape index (κ3) is 1.94. The Morgan fingerprint density at radius 2 is 2.32 bits per heavy atom. The molecule has 1 unspecified atom stereocenters. The van der Waals surface area contributed by atoms with Gasteiger partial charge in [0.1, 0.15) is 11.6 Å². The van der Waals surface area contributed by atoms with Crippen molar-refractivity contribution in [3.63, 3.8) is 0 Å². The first-order chi connectivity index (χ1) is 9.16. The third-order valence-electron chi connectivity index (χ3n) is 4.29. The van der Waals surface area contributed by atoms with Crippen molar-refractivity contribution in [1.82, 2.24) is 14.9 Å². The quantitative estimate of drug-likeness (QED) is 0.920. The van der Waals surface area contributed by atoms with E-state index < -0.39 is 0 Å². The summed E-state index contributed by atoms with van der Waals surface area (Å²) in [5, 5.41) is 3.45. The van der Waals surface area contributed by atoms with E-state index in [1.807, 2.05) is 7.05 Å². The number of hydrogen-bond donors (Lipinski definition) is 1. The summed E-state index contributed by atoms with van der Waals surface area (Å²) in [5.74, 6) is 0.899. The largest absolute Gasteiger partial charge is 0.331 e. The van der Waals surface area contributed by atoms with Gasteiger partial charge in [0.15, 0.2) is 0 Å². The Morgan fingerprint density at radius 3 is 3.00 bits per heavy atom. The van der Waals surface area contributed by atoms with Crippen LogP contribution in [-0.4, -0.2) is 22.6 Å². The average Bonchev–Trinajstić information content (AvgIpc) is 2.97. The highest BCUT2D eigenvalue weighted by atomic mass is 19.1. The summed E-state index contributed by atoms with van der Waals surface area (Å²) in [5.41, 5.74) is 1.89. The molecular formula is C15H20FN3. The number of aromatic nitrogens is 2. The number of halogens is 1. The summed E-state index contributed by atoms with van der Waals surface area (Å²) in [7, 11) is 2.00. The van der Waals surface area contributed by atoms with Gasteiger partial charge in [0.25, 0.3) is 0 Å². The molecule has 1 N–H and O–H groups in total. The molecule has 2 aromatic rings. The van der Waals surface area contributed by atoms with Gasteiger partial charge in [0.2, 0.25) is 0 Å². The predicted octanol–water partition coefficient (Wildman–Crippen LogP) is 2.74. The second kappa shape index (κ2) is 4.60. The average molecular weight is 261 g/mol. The number of nitrogens with one attached hydrogen (secondary N) is 1. The first kappa shape index (κ1) is 12.6. The van der Waals surface area contributed by atoms with Crippen molar-refractivity contribution in [3.8, 4) is 0 Å². The van der Waals surface area contributed by atoms with Gasteiger partial charge in [-0.1, -0.05) is 13.3 Å². The second-order valence-electron chi connectivity index (χ2n) is 5.58. The van der Waals surface area contributed by atoms with E-state index in [1.54, 1.807) is 12.1 Å². The molecule has 3 nitrogen and oxygen atoms in total. The van der Waals surface area contributed by atoms with E-state index in [-0.39, 0.29) is 11.2 Å². The van der Waals surface area contributed by atoms with Crippen LogP contribution >= 0.6 is 0 Å². The van der Waals surface area contributed by atoms with Crippen molar-refractivity contribution >= 4 is 11.0 Å². The molecule has 1 aliphatic heterocycles. The predicted molar refractivity (Wildman–Crippen MR) is 74.7 cm³/mol. The molecule has 1 aromatic carbocycles. The molecule has 0 spiro atoms. The van der Waals surface area contributed by atoms with Gasteiger partial charge in [0, 0.05) is 19.0 Å². The molecule has 2 heterocycles. The molecule has 1 aromatic heterocycles.